The standard InChI is InChI=1S/C17H17N3O5/c1-16(2,3)20-17(25-20,12-4-8-14(9-5-12)18(21)22)13-6-10-15(11-7-13)19(23)24/h4-11H,1-3H3. The Morgan fingerprint density at radius 3 is 1.44 bits per heavy atom. The number of nitro benzene ring substituents is 2. The van der Waals surface area contributed by atoms with Crippen molar-refractivity contribution < 1.29 is 14.7 Å². The highest BCUT2D eigenvalue weighted by atomic mass is 16.9. The van der Waals surface area contributed by atoms with Gasteiger partial charge in [0.25, 0.3) is 11.4 Å². The van der Waals surface area contributed by atoms with Crippen LogP contribution in [0, 0.1) is 20.2 Å². The van der Waals surface area contributed by atoms with E-state index in [4.69, 9.17) is 4.84 Å². The van der Waals surface area contributed by atoms with Crippen molar-refractivity contribution in [2.45, 2.75) is 32.0 Å². The van der Waals surface area contributed by atoms with E-state index in [1.807, 2.05) is 20.8 Å². The summed E-state index contributed by atoms with van der Waals surface area (Å²) in [7, 11) is 0. The van der Waals surface area contributed by atoms with E-state index in [9.17, 15) is 20.2 Å². The second kappa shape index (κ2) is 5.61. The van der Waals surface area contributed by atoms with Crippen molar-refractivity contribution in [2.75, 3.05) is 0 Å². The molecule has 1 aliphatic heterocycles. The van der Waals surface area contributed by atoms with Crippen molar-refractivity contribution in [2.24, 2.45) is 0 Å². The first-order valence-electron chi connectivity index (χ1n) is 7.65. The van der Waals surface area contributed by atoms with Crippen LogP contribution < -0.4 is 0 Å². The third kappa shape index (κ3) is 2.86. The van der Waals surface area contributed by atoms with Crippen LogP contribution in [-0.2, 0) is 10.6 Å². The maximum atomic E-state index is 10.9. The molecule has 0 N–H and O–H groups in total. The zero-order valence-corrected chi connectivity index (χ0v) is 14.0. The van der Waals surface area contributed by atoms with Gasteiger partial charge in [-0.15, -0.1) is 5.06 Å². The molecule has 0 spiro atoms. The summed E-state index contributed by atoms with van der Waals surface area (Å²) in [6.45, 7) is 5.93. The average Bonchev–Trinajstić information content (AvgIpc) is 3.32. The van der Waals surface area contributed by atoms with Crippen molar-refractivity contribution >= 4 is 11.4 Å². The van der Waals surface area contributed by atoms with Gasteiger partial charge >= 0.3 is 0 Å². The first-order valence-corrected chi connectivity index (χ1v) is 7.65. The van der Waals surface area contributed by atoms with E-state index in [0.717, 1.165) is 11.1 Å². The molecule has 0 amide bonds. The highest BCUT2D eigenvalue weighted by molar-refractivity contribution is 5.45. The van der Waals surface area contributed by atoms with Gasteiger partial charge in [-0.1, -0.05) is 0 Å². The van der Waals surface area contributed by atoms with Gasteiger partial charge in [0.05, 0.1) is 9.85 Å². The lowest BCUT2D eigenvalue weighted by atomic mass is 9.93. The molecule has 1 heterocycles. The zero-order valence-electron chi connectivity index (χ0n) is 14.0. The summed E-state index contributed by atoms with van der Waals surface area (Å²) in [5.74, 6) is 0. The van der Waals surface area contributed by atoms with E-state index >= 15 is 0 Å². The van der Waals surface area contributed by atoms with E-state index in [-0.39, 0.29) is 16.9 Å². The lowest BCUT2D eigenvalue weighted by Crippen LogP contribution is -2.32. The van der Waals surface area contributed by atoms with Crippen molar-refractivity contribution in [1.29, 1.82) is 0 Å². The molecule has 0 aromatic heterocycles. The van der Waals surface area contributed by atoms with E-state index in [1.165, 1.54) is 24.3 Å². The predicted molar refractivity (Wildman–Crippen MR) is 89.6 cm³/mol. The van der Waals surface area contributed by atoms with Gasteiger partial charge in [0.1, 0.15) is 0 Å². The lowest BCUT2D eigenvalue weighted by Gasteiger charge is -2.22. The molecule has 1 fully saturated rings. The van der Waals surface area contributed by atoms with E-state index in [0.29, 0.717) is 0 Å². The molecule has 0 aliphatic carbocycles. The highest BCUT2D eigenvalue weighted by Crippen LogP contribution is 2.54. The molecular formula is C17H17N3O5. The summed E-state index contributed by atoms with van der Waals surface area (Å²) < 4.78 is 0. The van der Waals surface area contributed by atoms with Gasteiger partial charge in [0.2, 0.25) is 5.72 Å². The molecule has 1 unspecified atom stereocenters. The monoisotopic (exact) mass is 343 g/mol. The molecule has 25 heavy (non-hydrogen) atoms. The summed E-state index contributed by atoms with van der Waals surface area (Å²) in [5, 5.41) is 23.5. The van der Waals surface area contributed by atoms with Gasteiger partial charge in [-0.2, -0.15) is 0 Å². The minimum Gasteiger partial charge on any atom is -0.260 e. The second-order valence-corrected chi connectivity index (χ2v) is 6.81. The molecule has 130 valence electrons. The van der Waals surface area contributed by atoms with Crippen LogP contribution in [0.3, 0.4) is 0 Å². The molecule has 0 radical (unpaired) electrons. The SMILES string of the molecule is CC(C)(C)N1OC1(c1ccc([N+](=O)[O-])cc1)c1ccc([N+](=O)[O-])cc1. The Kier molecular flexibility index (Phi) is 3.81. The van der Waals surface area contributed by atoms with Crippen LogP contribution in [0.1, 0.15) is 31.9 Å². The third-order valence-corrected chi connectivity index (χ3v) is 4.03. The summed E-state index contributed by atoms with van der Waals surface area (Å²) in [6, 6.07) is 12.3. The maximum absolute atomic E-state index is 10.9. The summed E-state index contributed by atoms with van der Waals surface area (Å²) >= 11 is 0. The van der Waals surface area contributed by atoms with Gasteiger partial charge in [-0.25, -0.2) is 0 Å². The molecule has 1 atom stereocenters. The van der Waals surface area contributed by atoms with Crippen LogP contribution in [0.15, 0.2) is 48.5 Å². The Hall–Kier alpha value is -2.84. The topological polar surface area (TPSA) is 102 Å². The fourth-order valence-electron chi connectivity index (χ4n) is 2.85. The summed E-state index contributed by atoms with van der Waals surface area (Å²) in [6.07, 6.45) is 0. The number of benzene rings is 2. The van der Waals surface area contributed by atoms with Crippen molar-refractivity contribution in [1.82, 2.24) is 5.06 Å². The Morgan fingerprint density at radius 1 is 0.840 bits per heavy atom. The minimum absolute atomic E-state index is 0.00874. The van der Waals surface area contributed by atoms with Crippen LogP contribution in [0.5, 0.6) is 0 Å². The van der Waals surface area contributed by atoms with E-state index < -0.39 is 15.6 Å². The summed E-state index contributed by atoms with van der Waals surface area (Å²) in [4.78, 5) is 26.8. The van der Waals surface area contributed by atoms with Gasteiger partial charge in [-0.05, 0) is 45.0 Å². The number of hydrogen-bond donors (Lipinski definition) is 0. The lowest BCUT2D eigenvalue weighted by molar-refractivity contribution is -0.385. The normalized spacial score (nSPS) is 18.6. The molecule has 8 nitrogen and oxygen atoms in total. The Morgan fingerprint density at radius 2 is 1.20 bits per heavy atom. The van der Waals surface area contributed by atoms with Gasteiger partial charge < -0.3 is 0 Å². The van der Waals surface area contributed by atoms with Crippen LogP contribution >= 0.6 is 0 Å². The fourth-order valence-corrected chi connectivity index (χ4v) is 2.85. The van der Waals surface area contributed by atoms with E-state index in [1.54, 1.807) is 29.3 Å². The number of hydroxylamine groups is 2. The average molecular weight is 343 g/mol. The molecular weight excluding hydrogens is 326 g/mol. The Bertz CT molecular complexity index is 767. The zero-order chi connectivity index (χ0) is 18.4. The van der Waals surface area contributed by atoms with E-state index in [2.05, 4.69) is 0 Å². The molecule has 2 aromatic rings. The minimum atomic E-state index is -0.914. The van der Waals surface area contributed by atoms with Gasteiger partial charge in [0, 0.05) is 40.9 Å². The molecule has 3 rings (SSSR count). The third-order valence-electron chi connectivity index (χ3n) is 4.03. The number of non-ortho nitro benzene ring substituents is 2. The summed E-state index contributed by atoms with van der Waals surface area (Å²) in [5.41, 5.74) is 0.186. The van der Waals surface area contributed by atoms with Crippen LogP contribution in [-0.4, -0.2) is 20.4 Å². The van der Waals surface area contributed by atoms with Crippen LogP contribution in [0.4, 0.5) is 11.4 Å². The van der Waals surface area contributed by atoms with Crippen LogP contribution in [0.25, 0.3) is 0 Å². The quantitative estimate of drug-likeness (QED) is 0.476. The number of rotatable bonds is 4. The molecule has 0 saturated carbocycles. The smallest absolute Gasteiger partial charge is 0.260 e. The first-order chi connectivity index (χ1) is 11.7. The van der Waals surface area contributed by atoms with Crippen molar-refractivity contribution in [3.8, 4) is 0 Å². The number of nitro groups is 2. The Balaban J connectivity index is 2.06. The fraction of sp³-hybridized carbons (Fsp3) is 0.294. The largest absolute Gasteiger partial charge is 0.269 e. The first kappa shape index (κ1) is 17.0. The molecule has 8 heteroatoms. The highest BCUT2D eigenvalue weighted by Gasteiger charge is 2.62. The molecule has 2 aromatic carbocycles. The Labute approximate surface area is 143 Å². The van der Waals surface area contributed by atoms with Crippen LogP contribution in [0.2, 0.25) is 0 Å². The maximum Gasteiger partial charge on any atom is 0.269 e. The second-order valence-electron chi connectivity index (χ2n) is 6.81. The number of nitrogens with zero attached hydrogens (tertiary/aromatic N) is 3. The molecule has 1 aliphatic rings. The van der Waals surface area contributed by atoms with Gasteiger partial charge in [-0.3, -0.25) is 25.1 Å². The van der Waals surface area contributed by atoms with Gasteiger partial charge in [0.15, 0.2) is 0 Å². The van der Waals surface area contributed by atoms with Crippen molar-refractivity contribution in [3.63, 3.8) is 0 Å². The molecule has 0 bridgehead atoms. The molecule has 1 saturated heterocycles. The predicted octanol–water partition coefficient (Wildman–Crippen LogP) is 3.75. The number of hydrogen-bond acceptors (Lipinski definition) is 6. The van der Waals surface area contributed by atoms with Crippen molar-refractivity contribution in [3.05, 3.63) is 79.9 Å².